The van der Waals surface area contributed by atoms with Crippen LogP contribution < -0.4 is 10.6 Å². The molecule has 152 valence electrons. The molecular formula is C21H25N5O3. The second kappa shape index (κ2) is 9.29. The number of anilines is 2. The number of carbonyl (C=O) groups excluding carboxylic acids is 3. The Kier molecular flexibility index (Phi) is 6.56. The first-order chi connectivity index (χ1) is 14.0. The summed E-state index contributed by atoms with van der Waals surface area (Å²) < 4.78 is 0. The van der Waals surface area contributed by atoms with E-state index in [1.54, 1.807) is 35.2 Å². The molecule has 1 aromatic heterocycles. The average molecular weight is 395 g/mol. The molecule has 0 bridgehead atoms. The van der Waals surface area contributed by atoms with Crippen LogP contribution in [0.25, 0.3) is 0 Å². The molecule has 2 aromatic rings. The van der Waals surface area contributed by atoms with Crippen LogP contribution in [0.4, 0.5) is 11.4 Å². The molecule has 0 aliphatic carbocycles. The summed E-state index contributed by atoms with van der Waals surface area (Å²) in [6.07, 6.45) is 1.47. The molecule has 2 heterocycles. The van der Waals surface area contributed by atoms with E-state index in [4.69, 9.17) is 0 Å². The molecule has 29 heavy (non-hydrogen) atoms. The standard InChI is InChI=1S/C21H25N5O3/c1-3-25-9-11-26(12-10-25)21(29)16-7-8-22-19(13-16)20(28)24-18-6-4-5-17(14-18)23-15(2)27/h4-8,13-14H,3,9-12H2,1-2H3,(H,23,27)(H,24,28). The zero-order valence-electron chi connectivity index (χ0n) is 16.6. The second-order valence-corrected chi connectivity index (χ2v) is 6.87. The minimum atomic E-state index is -0.421. The van der Waals surface area contributed by atoms with Crippen molar-refractivity contribution in [1.82, 2.24) is 14.8 Å². The molecule has 0 unspecified atom stereocenters. The number of piperazine rings is 1. The Morgan fingerprint density at radius 3 is 2.34 bits per heavy atom. The molecule has 1 aliphatic rings. The number of amides is 3. The van der Waals surface area contributed by atoms with Crippen LogP contribution in [0, 0.1) is 0 Å². The molecule has 0 saturated carbocycles. The number of aromatic nitrogens is 1. The molecule has 1 saturated heterocycles. The predicted octanol–water partition coefficient (Wildman–Crippen LogP) is 2.07. The first kappa shape index (κ1) is 20.5. The van der Waals surface area contributed by atoms with E-state index in [1.807, 2.05) is 0 Å². The number of benzene rings is 1. The number of hydrogen-bond acceptors (Lipinski definition) is 5. The van der Waals surface area contributed by atoms with Gasteiger partial charge in [0.1, 0.15) is 5.69 Å². The summed E-state index contributed by atoms with van der Waals surface area (Å²) >= 11 is 0. The zero-order valence-corrected chi connectivity index (χ0v) is 16.6. The number of carbonyl (C=O) groups is 3. The van der Waals surface area contributed by atoms with E-state index in [0.717, 1.165) is 19.6 Å². The largest absolute Gasteiger partial charge is 0.336 e. The SMILES string of the molecule is CCN1CCN(C(=O)c2ccnc(C(=O)Nc3cccc(NC(C)=O)c3)c2)CC1. The van der Waals surface area contributed by atoms with Gasteiger partial charge in [0.15, 0.2) is 0 Å². The summed E-state index contributed by atoms with van der Waals surface area (Å²) in [7, 11) is 0. The lowest BCUT2D eigenvalue weighted by Crippen LogP contribution is -2.48. The third-order valence-electron chi connectivity index (χ3n) is 4.79. The van der Waals surface area contributed by atoms with Gasteiger partial charge in [0.05, 0.1) is 0 Å². The van der Waals surface area contributed by atoms with E-state index < -0.39 is 5.91 Å². The lowest BCUT2D eigenvalue weighted by atomic mass is 10.1. The molecule has 1 fully saturated rings. The highest BCUT2D eigenvalue weighted by Gasteiger charge is 2.22. The van der Waals surface area contributed by atoms with E-state index in [1.165, 1.54) is 19.2 Å². The van der Waals surface area contributed by atoms with Crippen LogP contribution in [0.15, 0.2) is 42.6 Å². The van der Waals surface area contributed by atoms with Gasteiger partial charge in [-0.05, 0) is 36.9 Å². The van der Waals surface area contributed by atoms with Gasteiger partial charge in [0.25, 0.3) is 11.8 Å². The van der Waals surface area contributed by atoms with Crippen molar-refractivity contribution in [3.05, 3.63) is 53.9 Å². The van der Waals surface area contributed by atoms with Crippen LogP contribution >= 0.6 is 0 Å². The van der Waals surface area contributed by atoms with Gasteiger partial charge in [-0.15, -0.1) is 0 Å². The van der Waals surface area contributed by atoms with Crippen molar-refractivity contribution in [1.29, 1.82) is 0 Å². The monoisotopic (exact) mass is 395 g/mol. The molecule has 1 aromatic carbocycles. The van der Waals surface area contributed by atoms with Crippen LogP contribution in [0.5, 0.6) is 0 Å². The van der Waals surface area contributed by atoms with Crippen molar-refractivity contribution in [2.24, 2.45) is 0 Å². The topological polar surface area (TPSA) is 94.6 Å². The van der Waals surface area contributed by atoms with Crippen LogP contribution in [0.1, 0.15) is 34.7 Å². The van der Waals surface area contributed by atoms with Crippen molar-refractivity contribution in [3.8, 4) is 0 Å². The van der Waals surface area contributed by atoms with E-state index in [-0.39, 0.29) is 17.5 Å². The maximum Gasteiger partial charge on any atom is 0.274 e. The van der Waals surface area contributed by atoms with Gasteiger partial charge in [-0.2, -0.15) is 0 Å². The van der Waals surface area contributed by atoms with Crippen molar-refractivity contribution in [3.63, 3.8) is 0 Å². The Morgan fingerprint density at radius 1 is 1.00 bits per heavy atom. The Bertz CT molecular complexity index is 907. The number of hydrogen-bond donors (Lipinski definition) is 2. The quantitative estimate of drug-likeness (QED) is 0.808. The number of nitrogens with one attached hydrogen (secondary N) is 2. The van der Waals surface area contributed by atoms with E-state index in [9.17, 15) is 14.4 Å². The zero-order chi connectivity index (χ0) is 20.8. The maximum atomic E-state index is 12.8. The van der Waals surface area contributed by atoms with E-state index in [0.29, 0.717) is 30.0 Å². The van der Waals surface area contributed by atoms with Gasteiger partial charge in [-0.1, -0.05) is 13.0 Å². The van der Waals surface area contributed by atoms with Gasteiger partial charge >= 0.3 is 0 Å². The first-order valence-electron chi connectivity index (χ1n) is 9.63. The fourth-order valence-electron chi connectivity index (χ4n) is 3.21. The number of likely N-dealkylation sites (N-methyl/N-ethyl adjacent to an activating group) is 1. The Labute approximate surface area is 169 Å². The summed E-state index contributed by atoms with van der Waals surface area (Å²) in [4.78, 5) is 44.8. The van der Waals surface area contributed by atoms with Crippen molar-refractivity contribution >= 4 is 29.1 Å². The van der Waals surface area contributed by atoms with Crippen molar-refractivity contribution < 1.29 is 14.4 Å². The highest BCUT2D eigenvalue weighted by atomic mass is 16.2. The smallest absolute Gasteiger partial charge is 0.274 e. The van der Waals surface area contributed by atoms with Crippen LogP contribution in [0.3, 0.4) is 0 Å². The average Bonchev–Trinajstić information content (AvgIpc) is 2.73. The Morgan fingerprint density at radius 2 is 1.69 bits per heavy atom. The van der Waals surface area contributed by atoms with Crippen molar-refractivity contribution in [2.75, 3.05) is 43.4 Å². The normalized spacial score (nSPS) is 14.3. The fourth-order valence-corrected chi connectivity index (χ4v) is 3.21. The van der Waals surface area contributed by atoms with Gasteiger partial charge in [0, 0.05) is 56.2 Å². The van der Waals surface area contributed by atoms with Gasteiger partial charge in [-0.25, -0.2) is 0 Å². The predicted molar refractivity (Wildman–Crippen MR) is 111 cm³/mol. The molecule has 2 N–H and O–H groups in total. The molecule has 0 spiro atoms. The number of rotatable bonds is 5. The summed E-state index contributed by atoms with van der Waals surface area (Å²) in [5.41, 5.74) is 1.71. The maximum absolute atomic E-state index is 12.8. The van der Waals surface area contributed by atoms with Gasteiger partial charge in [0.2, 0.25) is 5.91 Å². The van der Waals surface area contributed by atoms with Gasteiger partial charge in [-0.3, -0.25) is 19.4 Å². The summed E-state index contributed by atoms with van der Waals surface area (Å²) in [6.45, 7) is 7.55. The molecule has 0 atom stereocenters. The minimum absolute atomic E-state index is 0.0927. The Balaban J connectivity index is 1.68. The highest BCUT2D eigenvalue weighted by Crippen LogP contribution is 2.16. The summed E-state index contributed by atoms with van der Waals surface area (Å²) in [5, 5.41) is 5.41. The molecule has 3 amide bonds. The molecular weight excluding hydrogens is 370 g/mol. The molecule has 3 rings (SSSR count). The Hall–Kier alpha value is -3.26. The molecule has 8 heteroatoms. The number of nitrogens with zero attached hydrogens (tertiary/aromatic N) is 3. The third kappa shape index (κ3) is 5.39. The summed E-state index contributed by atoms with van der Waals surface area (Å²) in [5.74, 6) is -0.707. The minimum Gasteiger partial charge on any atom is -0.336 e. The third-order valence-corrected chi connectivity index (χ3v) is 4.79. The van der Waals surface area contributed by atoms with Gasteiger partial charge < -0.3 is 20.4 Å². The fraction of sp³-hybridized carbons (Fsp3) is 0.333. The van der Waals surface area contributed by atoms with Crippen molar-refractivity contribution in [2.45, 2.75) is 13.8 Å². The lowest BCUT2D eigenvalue weighted by molar-refractivity contribution is -0.114. The van der Waals surface area contributed by atoms with E-state index >= 15 is 0 Å². The highest BCUT2D eigenvalue weighted by molar-refractivity contribution is 6.05. The van der Waals surface area contributed by atoms with E-state index in [2.05, 4.69) is 27.4 Å². The first-order valence-corrected chi connectivity index (χ1v) is 9.63. The molecule has 1 aliphatic heterocycles. The van der Waals surface area contributed by atoms with Crippen LogP contribution in [-0.2, 0) is 4.79 Å². The lowest BCUT2D eigenvalue weighted by Gasteiger charge is -2.34. The molecule has 8 nitrogen and oxygen atoms in total. The van der Waals surface area contributed by atoms with Crippen LogP contribution in [0.2, 0.25) is 0 Å². The molecule has 0 radical (unpaired) electrons. The second-order valence-electron chi connectivity index (χ2n) is 6.87. The summed E-state index contributed by atoms with van der Waals surface area (Å²) in [6, 6.07) is 9.97. The number of pyridine rings is 1. The van der Waals surface area contributed by atoms with Crippen LogP contribution in [-0.4, -0.2) is 65.2 Å².